The highest BCUT2D eigenvalue weighted by Crippen LogP contribution is 2.15. The average Bonchev–Trinajstić information content (AvgIpc) is 2.76. The summed E-state index contributed by atoms with van der Waals surface area (Å²) in [4.78, 5) is 0. The van der Waals surface area contributed by atoms with Gasteiger partial charge in [0.2, 0.25) is 0 Å². The first-order valence-electron chi connectivity index (χ1n) is 14.4. The SMILES string of the molecule is [CH2]CCCCCCCCCCCCCCCCCCCCCC/C=C/CCCCC. The van der Waals surface area contributed by atoms with Crippen molar-refractivity contribution in [1.82, 2.24) is 0 Å². The molecule has 1 radical (unpaired) electrons. The van der Waals surface area contributed by atoms with Gasteiger partial charge in [-0.3, -0.25) is 0 Å². The lowest BCUT2D eigenvalue weighted by Crippen LogP contribution is -1.84. The molecular formula is C30H59. The van der Waals surface area contributed by atoms with Crippen LogP contribution < -0.4 is 0 Å². The second kappa shape index (κ2) is 28.7. The molecule has 0 heteroatoms. The standard InChI is InChI=1S/C30H59/c1-3-5-7-9-11-13-15-17-19-21-23-25-27-29-30-28-26-24-22-20-18-16-14-12-10-8-6-4-2/h12,14H,1,3-11,13,15-30H2,2H3/b14-12+. The fourth-order valence-electron chi connectivity index (χ4n) is 4.37. The number of hydrogen-bond acceptors (Lipinski definition) is 0. The summed E-state index contributed by atoms with van der Waals surface area (Å²) < 4.78 is 0. The molecular weight excluding hydrogens is 360 g/mol. The number of hydrogen-bond donors (Lipinski definition) is 0. The van der Waals surface area contributed by atoms with Gasteiger partial charge in [0.05, 0.1) is 0 Å². The van der Waals surface area contributed by atoms with Crippen LogP contribution in [0.4, 0.5) is 0 Å². The fraction of sp³-hybridized carbons (Fsp3) is 0.900. The summed E-state index contributed by atoms with van der Waals surface area (Å²) in [6.45, 7) is 6.20. The largest absolute Gasteiger partial charge is 0.0885 e. The van der Waals surface area contributed by atoms with Crippen LogP contribution >= 0.6 is 0 Å². The van der Waals surface area contributed by atoms with Crippen LogP contribution in [0.15, 0.2) is 12.2 Å². The quantitative estimate of drug-likeness (QED) is 0.0965. The van der Waals surface area contributed by atoms with Crippen molar-refractivity contribution in [2.45, 2.75) is 174 Å². The van der Waals surface area contributed by atoms with Crippen molar-refractivity contribution in [3.63, 3.8) is 0 Å². The van der Waals surface area contributed by atoms with Gasteiger partial charge in [-0.1, -0.05) is 167 Å². The van der Waals surface area contributed by atoms with Crippen molar-refractivity contribution in [3.05, 3.63) is 19.1 Å². The lowest BCUT2D eigenvalue weighted by Gasteiger charge is -2.04. The minimum Gasteiger partial charge on any atom is -0.0885 e. The summed E-state index contributed by atoms with van der Waals surface area (Å²) >= 11 is 0. The van der Waals surface area contributed by atoms with Crippen molar-refractivity contribution >= 4 is 0 Å². The van der Waals surface area contributed by atoms with E-state index in [4.69, 9.17) is 0 Å². The molecule has 0 aromatic heterocycles. The van der Waals surface area contributed by atoms with Gasteiger partial charge in [-0.2, -0.15) is 0 Å². The highest BCUT2D eigenvalue weighted by molar-refractivity contribution is 4.81. The minimum absolute atomic E-state index is 1.12. The third-order valence-corrected chi connectivity index (χ3v) is 6.51. The van der Waals surface area contributed by atoms with Crippen LogP contribution in [0.2, 0.25) is 0 Å². The van der Waals surface area contributed by atoms with E-state index in [0.29, 0.717) is 0 Å². The molecule has 0 aromatic carbocycles. The topological polar surface area (TPSA) is 0 Å². The average molecular weight is 420 g/mol. The smallest absolute Gasteiger partial charge is 0.0351 e. The first-order chi connectivity index (χ1) is 14.9. The van der Waals surface area contributed by atoms with Gasteiger partial charge in [-0.15, -0.1) is 0 Å². The predicted molar refractivity (Wildman–Crippen MR) is 140 cm³/mol. The Balaban J connectivity index is 3.02. The van der Waals surface area contributed by atoms with Gasteiger partial charge in [0, 0.05) is 0 Å². The zero-order chi connectivity index (χ0) is 21.8. The Kier molecular flexibility index (Phi) is 28.5. The Bertz CT molecular complexity index is 303. The van der Waals surface area contributed by atoms with E-state index >= 15 is 0 Å². The normalized spacial score (nSPS) is 11.7. The molecule has 179 valence electrons. The molecule has 0 rings (SSSR count). The second-order valence-corrected chi connectivity index (χ2v) is 9.68. The molecule has 0 aliphatic heterocycles. The summed E-state index contributed by atoms with van der Waals surface area (Å²) in [5.74, 6) is 0. The van der Waals surface area contributed by atoms with Gasteiger partial charge in [-0.05, 0) is 25.7 Å². The van der Waals surface area contributed by atoms with Crippen LogP contribution in [0.5, 0.6) is 0 Å². The van der Waals surface area contributed by atoms with Crippen LogP contribution in [0, 0.1) is 6.92 Å². The molecule has 0 unspecified atom stereocenters. The van der Waals surface area contributed by atoms with Crippen LogP contribution in [0.25, 0.3) is 0 Å². The zero-order valence-corrected chi connectivity index (χ0v) is 21.2. The van der Waals surface area contributed by atoms with Crippen LogP contribution in [-0.2, 0) is 0 Å². The van der Waals surface area contributed by atoms with Gasteiger partial charge < -0.3 is 0 Å². The zero-order valence-electron chi connectivity index (χ0n) is 21.2. The monoisotopic (exact) mass is 419 g/mol. The molecule has 0 saturated heterocycles. The van der Waals surface area contributed by atoms with Gasteiger partial charge in [0.1, 0.15) is 0 Å². The maximum atomic E-state index is 3.92. The summed E-state index contributed by atoms with van der Waals surface area (Å²) in [5, 5.41) is 0. The molecule has 0 heterocycles. The van der Waals surface area contributed by atoms with Crippen LogP contribution in [0.1, 0.15) is 174 Å². The van der Waals surface area contributed by atoms with E-state index in [0.717, 1.165) is 6.42 Å². The molecule has 0 aromatic rings. The second-order valence-electron chi connectivity index (χ2n) is 9.68. The molecule has 0 N–H and O–H groups in total. The van der Waals surface area contributed by atoms with Crippen LogP contribution in [-0.4, -0.2) is 0 Å². The molecule has 0 aliphatic rings. The molecule has 0 aliphatic carbocycles. The highest BCUT2D eigenvalue weighted by Gasteiger charge is 1.95. The van der Waals surface area contributed by atoms with E-state index in [9.17, 15) is 0 Å². The molecule has 0 saturated carbocycles. The lowest BCUT2D eigenvalue weighted by atomic mass is 10.0. The third kappa shape index (κ3) is 27.7. The minimum atomic E-state index is 1.12. The molecule has 30 heavy (non-hydrogen) atoms. The van der Waals surface area contributed by atoms with E-state index < -0.39 is 0 Å². The number of allylic oxidation sites excluding steroid dienone is 2. The summed E-state index contributed by atoms with van der Waals surface area (Å²) in [5.41, 5.74) is 0. The molecule has 0 spiro atoms. The van der Waals surface area contributed by atoms with Gasteiger partial charge >= 0.3 is 0 Å². The van der Waals surface area contributed by atoms with E-state index in [1.54, 1.807) is 0 Å². The maximum absolute atomic E-state index is 3.92. The van der Waals surface area contributed by atoms with Gasteiger partial charge in [0.15, 0.2) is 0 Å². The number of rotatable bonds is 26. The molecule has 0 atom stereocenters. The fourth-order valence-corrected chi connectivity index (χ4v) is 4.37. The Morgan fingerprint density at radius 3 is 0.933 bits per heavy atom. The maximum Gasteiger partial charge on any atom is -0.0351 e. The summed E-state index contributed by atoms with van der Waals surface area (Å²) in [7, 11) is 0. The first kappa shape index (κ1) is 29.7. The van der Waals surface area contributed by atoms with Gasteiger partial charge in [-0.25, -0.2) is 0 Å². The first-order valence-corrected chi connectivity index (χ1v) is 14.4. The number of unbranched alkanes of at least 4 members (excludes halogenated alkanes) is 24. The molecule has 0 nitrogen and oxygen atoms in total. The van der Waals surface area contributed by atoms with E-state index in [1.807, 2.05) is 0 Å². The van der Waals surface area contributed by atoms with Crippen molar-refractivity contribution < 1.29 is 0 Å². The Morgan fingerprint density at radius 2 is 0.633 bits per heavy atom. The summed E-state index contributed by atoms with van der Waals surface area (Å²) in [6, 6.07) is 0. The summed E-state index contributed by atoms with van der Waals surface area (Å²) in [6.07, 6.45) is 41.8. The van der Waals surface area contributed by atoms with E-state index in [-0.39, 0.29) is 0 Å². The molecule has 0 amide bonds. The predicted octanol–water partition coefficient (Wildman–Crippen LogP) is 11.5. The molecule has 0 fully saturated rings. The third-order valence-electron chi connectivity index (χ3n) is 6.51. The Labute approximate surface area is 193 Å². The van der Waals surface area contributed by atoms with Crippen molar-refractivity contribution in [1.29, 1.82) is 0 Å². The van der Waals surface area contributed by atoms with Gasteiger partial charge in [0.25, 0.3) is 0 Å². The Morgan fingerprint density at radius 1 is 0.367 bits per heavy atom. The van der Waals surface area contributed by atoms with Crippen molar-refractivity contribution in [3.8, 4) is 0 Å². The highest BCUT2D eigenvalue weighted by atomic mass is 14.0. The van der Waals surface area contributed by atoms with E-state index in [1.165, 1.54) is 161 Å². The lowest BCUT2D eigenvalue weighted by molar-refractivity contribution is 0.521. The van der Waals surface area contributed by atoms with Crippen LogP contribution in [0.3, 0.4) is 0 Å². The molecule has 0 bridgehead atoms. The van der Waals surface area contributed by atoms with E-state index in [2.05, 4.69) is 26.0 Å². The van der Waals surface area contributed by atoms with Crippen molar-refractivity contribution in [2.75, 3.05) is 0 Å². The Hall–Kier alpha value is -0.260. The van der Waals surface area contributed by atoms with Crippen molar-refractivity contribution in [2.24, 2.45) is 0 Å².